The molecule has 1 aromatic carbocycles. The average molecular weight is 315 g/mol. The topological polar surface area (TPSA) is 15.3 Å². The number of rotatable bonds is 10. The highest BCUT2D eigenvalue weighted by Crippen LogP contribution is 2.32. The summed E-state index contributed by atoms with van der Waals surface area (Å²) in [5, 5.41) is 0.708. The molecule has 0 fully saturated rings. The summed E-state index contributed by atoms with van der Waals surface area (Å²) in [6.45, 7) is 8.21. The quantitative estimate of drug-likeness (QED) is 0.412. The van der Waals surface area contributed by atoms with Gasteiger partial charge in [-0.15, -0.1) is 4.48 Å². The lowest BCUT2D eigenvalue weighted by molar-refractivity contribution is 0.615. The van der Waals surface area contributed by atoms with E-state index in [1.807, 2.05) is 19.1 Å². The van der Waals surface area contributed by atoms with E-state index >= 15 is 0 Å². The van der Waals surface area contributed by atoms with E-state index in [-0.39, 0.29) is 0 Å². The molecular formula is C17H28ClFN2. The van der Waals surface area contributed by atoms with Gasteiger partial charge in [0.15, 0.2) is 0 Å². The van der Waals surface area contributed by atoms with Crippen LogP contribution in [0.25, 0.3) is 0 Å². The Morgan fingerprint density at radius 3 is 2.10 bits per heavy atom. The van der Waals surface area contributed by atoms with Crippen LogP contribution in [-0.4, -0.2) is 13.1 Å². The molecule has 120 valence electrons. The van der Waals surface area contributed by atoms with Crippen LogP contribution >= 0.6 is 11.6 Å². The summed E-state index contributed by atoms with van der Waals surface area (Å²) in [4.78, 5) is 2.30. The lowest BCUT2D eigenvalue weighted by Gasteiger charge is -2.27. The highest BCUT2D eigenvalue weighted by atomic mass is 35.5. The van der Waals surface area contributed by atoms with Crippen molar-refractivity contribution in [3.05, 3.63) is 22.7 Å². The van der Waals surface area contributed by atoms with Gasteiger partial charge in [-0.05, 0) is 37.5 Å². The van der Waals surface area contributed by atoms with E-state index in [4.69, 9.17) is 11.6 Å². The minimum Gasteiger partial charge on any atom is -0.370 e. The number of unbranched alkanes of at least 4 members (excludes halogenated alkanes) is 4. The number of nitrogens with one attached hydrogen (secondary N) is 1. The van der Waals surface area contributed by atoms with Gasteiger partial charge in [-0.1, -0.05) is 51.1 Å². The predicted octanol–water partition coefficient (Wildman–Crippen LogP) is 6.13. The highest BCUT2D eigenvalue weighted by Gasteiger charge is 2.13. The van der Waals surface area contributed by atoms with Crippen LogP contribution in [0.4, 0.5) is 15.9 Å². The molecule has 0 bridgehead atoms. The van der Waals surface area contributed by atoms with Gasteiger partial charge in [0.25, 0.3) is 0 Å². The van der Waals surface area contributed by atoms with Crippen molar-refractivity contribution in [1.29, 1.82) is 0 Å². The predicted molar refractivity (Wildman–Crippen MR) is 92.2 cm³/mol. The van der Waals surface area contributed by atoms with Gasteiger partial charge in [-0.25, -0.2) is 5.54 Å². The molecule has 0 amide bonds. The van der Waals surface area contributed by atoms with Crippen LogP contribution in [0, 0.1) is 6.92 Å². The van der Waals surface area contributed by atoms with Gasteiger partial charge in [0, 0.05) is 13.1 Å². The first kappa shape index (κ1) is 18.1. The summed E-state index contributed by atoms with van der Waals surface area (Å²) in [6.07, 6.45) is 7.10. The molecule has 0 unspecified atom stereocenters. The monoisotopic (exact) mass is 314 g/mol. The highest BCUT2D eigenvalue weighted by molar-refractivity contribution is 6.33. The van der Waals surface area contributed by atoms with E-state index in [1.54, 1.807) is 5.54 Å². The summed E-state index contributed by atoms with van der Waals surface area (Å²) in [7, 11) is 0. The third-order valence-electron chi connectivity index (χ3n) is 3.80. The third-order valence-corrected chi connectivity index (χ3v) is 4.10. The molecule has 0 spiro atoms. The summed E-state index contributed by atoms with van der Waals surface area (Å²) in [5.41, 5.74) is 4.04. The first-order chi connectivity index (χ1) is 10.1. The van der Waals surface area contributed by atoms with Crippen LogP contribution in [0.15, 0.2) is 12.1 Å². The number of anilines is 2. The van der Waals surface area contributed by atoms with Crippen molar-refractivity contribution in [1.82, 2.24) is 0 Å². The van der Waals surface area contributed by atoms with Gasteiger partial charge in [-0.2, -0.15) is 0 Å². The molecule has 21 heavy (non-hydrogen) atoms. The maximum Gasteiger partial charge on any atom is 0.0706 e. The Balaban J connectivity index is 2.89. The second kappa shape index (κ2) is 9.88. The Kier molecular flexibility index (Phi) is 8.51. The molecule has 0 radical (unpaired) electrons. The van der Waals surface area contributed by atoms with Crippen molar-refractivity contribution in [3.8, 4) is 0 Å². The molecule has 0 saturated heterocycles. The van der Waals surface area contributed by atoms with Crippen molar-refractivity contribution in [3.63, 3.8) is 0 Å². The third kappa shape index (κ3) is 5.74. The molecule has 1 N–H and O–H groups in total. The zero-order valence-corrected chi connectivity index (χ0v) is 14.3. The Morgan fingerprint density at radius 1 is 1.05 bits per heavy atom. The first-order valence-electron chi connectivity index (χ1n) is 8.05. The van der Waals surface area contributed by atoms with Crippen LogP contribution < -0.4 is 10.4 Å². The fourth-order valence-corrected chi connectivity index (χ4v) is 2.80. The molecular weight excluding hydrogens is 287 g/mol. The zero-order chi connectivity index (χ0) is 15.7. The van der Waals surface area contributed by atoms with Crippen molar-refractivity contribution in [2.45, 2.75) is 59.3 Å². The normalized spacial score (nSPS) is 10.7. The van der Waals surface area contributed by atoms with E-state index in [9.17, 15) is 4.48 Å². The number of benzene rings is 1. The van der Waals surface area contributed by atoms with Crippen LogP contribution in [0.3, 0.4) is 0 Å². The maximum absolute atomic E-state index is 12.9. The lowest BCUT2D eigenvalue weighted by Crippen LogP contribution is -2.26. The SMILES string of the molecule is CCCCCN(CCCCC)c1cc(NF)c(C)cc1Cl. The summed E-state index contributed by atoms with van der Waals surface area (Å²) in [5.74, 6) is 0. The largest absolute Gasteiger partial charge is 0.370 e. The standard InChI is InChI=1S/C17H28ClFN2/c1-4-6-8-10-21(11-9-7-5-2)17-13-16(20-19)14(3)12-15(17)18/h12-13,20H,4-11H2,1-3H3. The van der Waals surface area contributed by atoms with E-state index in [0.29, 0.717) is 10.7 Å². The van der Waals surface area contributed by atoms with Gasteiger partial charge >= 0.3 is 0 Å². The van der Waals surface area contributed by atoms with E-state index < -0.39 is 0 Å². The Morgan fingerprint density at radius 2 is 1.62 bits per heavy atom. The number of halogens is 2. The second-order valence-electron chi connectivity index (χ2n) is 5.61. The molecule has 2 nitrogen and oxygen atoms in total. The zero-order valence-electron chi connectivity index (χ0n) is 13.5. The van der Waals surface area contributed by atoms with Crippen LogP contribution in [0.5, 0.6) is 0 Å². The van der Waals surface area contributed by atoms with Gasteiger partial charge < -0.3 is 4.90 Å². The molecule has 0 aliphatic rings. The number of hydrogen-bond donors (Lipinski definition) is 1. The van der Waals surface area contributed by atoms with Crippen LogP contribution in [0.2, 0.25) is 5.02 Å². The molecule has 0 heterocycles. The van der Waals surface area contributed by atoms with Crippen molar-refractivity contribution in [2.75, 3.05) is 23.5 Å². The summed E-state index contributed by atoms with van der Waals surface area (Å²) in [6, 6.07) is 3.67. The van der Waals surface area contributed by atoms with Crippen molar-refractivity contribution >= 4 is 23.0 Å². The molecule has 1 aromatic rings. The lowest BCUT2D eigenvalue weighted by atomic mass is 10.1. The molecule has 0 aliphatic heterocycles. The fourth-order valence-electron chi connectivity index (χ4n) is 2.46. The van der Waals surface area contributed by atoms with Gasteiger partial charge in [-0.3, -0.25) is 0 Å². The van der Waals surface area contributed by atoms with Gasteiger partial charge in [0.05, 0.1) is 16.4 Å². The number of aryl methyl sites for hydroxylation is 1. The molecule has 0 aliphatic carbocycles. The van der Waals surface area contributed by atoms with E-state index in [0.717, 1.165) is 37.2 Å². The van der Waals surface area contributed by atoms with Crippen LogP contribution in [-0.2, 0) is 0 Å². The van der Waals surface area contributed by atoms with E-state index in [1.165, 1.54) is 25.7 Å². The minimum absolute atomic E-state index is 0.505. The molecule has 0 saturated carbocycles. The van der Waals surface area contributed by atoms with Crippen LogP contribution in [0.1, 0.15) is 57.9 Å². The molecule has 1 rings (SSSR count). The van der Waals surface area contributed by atoms with Gasteiger partial charge in [0.1, 0.15) is 0 Å². The average Bonchev–Trinajstić information content (AvgIpc) is 2.46. The Hall–Kier alpha value is -0.960. The Labute approximate surface area is 133 Å². The first-order valence-corrected chi connectivity index (χ1v) is 8.43. The van der Waals surface area contributed by atoms with E-state index in [2.05, 4.69) is 18.7 Å². The fraction of sp³-hybridized carbons (Fsp3) is 0.647. The van der Waals surface area contributed by atoms with Gasteiger partial charge in [0.2, 0.25) is 0 Å². The minimum atomic E-state index is 0.505. The molecule has 0 atom stereocenters. The molecule has 4 heteroatoms. The number of hydrogen-bond acceptors (Lipinski definition) is 2. The maximum atomic E-state index is 12.9. The second-order valence-corrected chi connectivity index (χ2v) is 6.02. The Bertz CT molecular complexity index is 413. The molecule has 0 aromatic heterocycles. The van der Waals surface area contributed by atoms with Crippen molar-refractivity contribution in [2.24, 2.45) is 0 Å². The van der Waals surface area contributed by atoms with Crippen molar-refractivity contribution < 1.29 is 4.48 Å². The number of nitrogens with zero attached hydrogens (tertiary/aromatic N) is 1. The summed E-state index contributed by atoms with van der Waals surface area (Å²) >= 11 is 6.39. The smallest absolute Gasteiger partial charge is 0.0706 e. The summed E-state index contributed by atoms with van der Waals surface area (Å²) < 4.78 is 12.9.